The van der Waals surface area contributed by atoms with E-state index in [2.05, 4.69) is 70.2 Å². The molecule has 254 valence electrons. The molecule has 2 aromatic carbocycles. The maximum atomic E-state index is 12.8. The average Bonchev–Trinajstić information content (AvgIpc) is 3.81. The minimum absolute atomic E-state index is 0.122. The molecule has 4 aromatic rings. The Labute approximate surface area is 283 Å². The summed E-state index contributed by atoms with van der Waals surface area (Å²) in [5.41, 5.74) is 7.49. The molecule has 0 aliphatic carbocycles. The molecule has 0 radical (unpaired) electrons. The molecule has 2 aromatic heterocycles. The van der Waals surface area contributed by atoms with Gasteiger partial charge in [-0.05, 0) is 127 Å². The molecule has 2 atom stereocenters. The second-order valence-corrected chi connectivity index (χ2v) is 15.1. The van der Waals surface area contributed by atoms with Crippen molar-refractivity contribution in [2.24, 2.45) is 0 Å². The summed E-state index contributed by atoms with van der Waals surface area (Å²) in [5.74, 6) is 1.57. The lowest BCUT2D eigenvalue weighted by Crippen LogP contribution is -2.36. The van der Waals surface area contributed by atoms with E-state index in [4.69, 9.17) is 9.47 Å². The maximum Gasteiger partial charge on any atom is 0.410 e. The third kappa shape index (κ3) is 7.12. The lowest BCUT2D eigenvalue weighted by molar-refractivity contribution is 0.0208. The van der Waals surface area contributed by atoms with Gasteiger partial charge in [0.25, 0.3) is 0 Å². The number of nitrogens with zero attached hydrogens (tertiary/aromatic N) is 4. The number of aryl methyl sites for hydroxylation is 2. The first-order chi connectivity index (χ1) is 22.7. The quantitative estimate of drug-likeness (QED) is 0.222. The van der Waals surface area contributed by atoms with E-state index in [9.17, 15) is 9.59 Å². The number of H-pyrrole nitrogens is 2. The number of ether oxygens (including phenoxy) is 2. The number of amides is 2. The van der Waals surface area contributed by atoms with Crippen molar-refractivity contribution in [2.75, 3.05) is 13.1 Å². The fourth-order valence-corrected chi connectivity index (χ4v) is 6.75. The van der Waals surface area contributed by atoms with Gasteiger partial charge in [-0.2, -0.15) is 0 Å². The number of carbonyl (C=O) groups is 2. The smallest absolute Gasteiger partial charge is 0.410 e. The van der Waals surface area contributed by atoms with Crippen LogP contribution in [0.25, 0.3) is 33.6 Å². The number of likely N-dealkylation sites (tertiary alicyclic amines) is 2. The van der Waals surface area contributed by atoms with Gasteiger partial charge >= 0.3 is 12.2 Å². The summed E-state index contributed by atoms with van der Waals surface area (Å²) in [4.78, 5) is 45.6. The Kier molecular flexibility index (Phi) is 8.87. The largest absolute Gasteiger partial charge is 0.444 e. The van der Waals surface area contributed by atoms with Gasteiger partial charge < -0.3 is 19.4 Å². The van der Waals surface area contributed by atoms with Crippen LogP contribution in [-0.2, 0) is 9.47 Å². The van der Waals surface area contributed by atoms with Gasteiger partial charge in [-0.1, -0.05) is 24.3 Å². The molecule has 2 N–H and O–H groups in total. The summed E-state index contributed by atoms with van der Waals surface area (Å²) < 4.78 is 11.3. The Bertz CT molecular complexity index is 1680. The van der Waals surface area contributed by atoms with Gasteiger partial charge in [0.2, 0.25) is 0 Å². The van der Waals surface area contributed by atoms with Crippen molar-refractivity contribution in [3.63, 3.8) is 0 Å². The van der Waals surface area contributed by atoms with Crippen LogP contribution >= 0.6 is 0 Å². The first-order valence-corrected chi connectivity index (χ1v) is 17.0. The van der Waals surface area contributed by atoms with E-state index in [-0.39, 0.29) is 24.3 Å². The second kappa shape index (κ2) is 12.8. The molecule has 2 fully saturated rings. The molecular formula is C38H48N6O4. The monoisotopic (exact) mass is 652 g/mol. The molecule has 6 rings (SSSR count). The van der Waals surface area contributed by atoms with E-state index in [0.29, 0.717) is 13.1 Å². The first kappa shape index (κ1) is 33.3. The zero-order valence-corrected chi connectivity index (χ0v) is 29.4. The number of aromatic nitrogens is 4. The van der Waals surface area contributed by atoms with Crippen LogP contribution < -0.4 is 0 Å². The number of imidazole rings is 2. The molecule has 10 heteroatoms. The molecule has 4 heterocycles. The van der Waals surface area contributed by atoms with Crippen LogP contribution in [0.4, 0.5) is 9.59 Å². The van der Waals surface area contributed by atoms with Crippen LogP contribution in [0.1, 0.15) is 102 Å². The van der Waals surface area contributed by atoms with Gasteiger partial charge in [-0.3, -0.25) is 9.80 Å². The fourth-order valence-electron chi connectivity index (χ4n) is 6.75. The molecule has 0 spiro atoms. The highest BCUT2D eigenvalue weighted by molar-refractivity contribution is 5.77. The topological polar surface area (TPSA) is 116 Å². The van der Waals surface area contributed by atoms with Gasteiger partial charge in [0.1, 0.15) is 22.9 Å². The molecule has 48 heavy (non-hydrogen) atoms. The van der Waals surface area contributed by atoms with Crippen LogP contribution in [0, 0.1) is 13.8 Å². The normalized spacial score (nSPS) is 18.4. The Morgan fingerprint density at radius 3 is 1.44 bits per heavy atom. The lowest BCUT2D eigenvalue weighted by atomic mass is 9.93. The summed E-state index contributed by atoms with van der Waals surface area (Å²) in [6, 6.07) is 12.7. The third-order valence-electron chi connectivity index (χ3n) is 8.95. The molecule has 2 amide bonds. The Morgan fingerprint density at radius 1 is 0.688 bits per heavy atom. The van der Waals surface area contributed by atoms with E-state index < -0.39 is 11.2 Å². The molecule has 10 nitrogen and oxygen atoms in total. The van der Waals surface area contributed by atoms with Gasteiger partial charge in [0.15, 0.2) is 0 Å². The predicted molar refractivity (Wildman–Crippen MR) is 186 cm³/mol. The lowest BCUT2D eigenvalue weighted by Gasteiger charge is -2.27. The molecule has 0 saturated carbocycles. The summed E-state index contributed by atoms with van der Waals surface area (Å²) >= 11 is 0. The number of carbonyl (C=O) groups excluding carboxylic acids is 2. The highest BCUT2D eigenvalue weighted by Gasteiger charge is 2.36. The number of hydrogen-bond donors (Lipinski definition) is 2. The first-order valence-electron chi connectivity index (χ1n) is 17.0. The van der Waals surface area contributed by atoms with Gasteiger partial charge in [0, 0.05) is 13.1 Å². The van der Waals surface area contributed by atoms with E-state index >= 15 is 0 Å². The highest BCUT2D eigenvalue weighted by Crippen LogP contribution is 2.36. The highest BCUT2D eigenvalue weighted by atomic mass is 16.6. The molecule has 2 aliphatic rings. The van der Waals surface area contributed by atoms with Crippen molar-refractivity contribution < 1.29 is 19.1 Å². The Hall–Kier alpha value is -4.60. The summed E-state index contributed by atoms with van der Waals surface area (Å²) in [6.45, 7) is 16.9. The Balaban J connectivity index is 1.17. The number of aromatic amines is 2. The minimum Gasteiger partial charge on any atom is -0.444 e. The van der Waals surface area contributed by atoms with E-state index in [1.807, 2.05) is 53.9 Å². The van der Waals surface area contributed by atoms with Gasteiger partial charge in [0.05, 0.1) is 35.9 Å². The van der Waals surface area contributed by atoms with Crippen molar-refractivity contribution >= 4 is 12.2 Å². The SMILES string of the molecule is Cc1cc(-c2cnc([C@@H]3CCCN3C(=O)OC(C)(C)C)[nH]2)ccc1-c1ccc(-c2cnc([C@@H]3CCCN3C(=O)OC(C)(C)C)[nH]2)cc1C. The maximum absolute atomic E-state index is 12.8. The zero-order chi connectivity index (χ0) is 34.4. The fraction of sp³-hybridized carbons (Fsp3) is 0.474. The average molecular weight is 653 g/mol. The van der Waals surface area contributed by atoms with Crippen LogP contribution in [-0.4, -0.2) is 66.2 Å². The summed E-state index contributed by atoms with van der Waals surface area (Å²) in [6.07, 6.45) is 6.65. The third-order valence-corrected chi connectivity index (χ3v) is 8.95. The van der Waals surface area contributed by atoms with Gasteiger partial charge in [-0.15, -0.1) is 0 Å². The van der Waals surface area contributed by atoms with Crippen molar-refractivity contribution in [1.82, 2.24) is 29.7 Å². The molecular weight excluding hydrogens is 604 g/mol. The predicted octanol–water partition coefficient (Wildman–Crippen LogP) is 8.89. The second-order valence-electron chi connectivity index (χ2n) is 15.1. The number of hydrogen-bond acceptors (Lipinski definition) is 6. The molecule has 0 bridgehead atoms. The summed E-state index contributed by atoms with van der Waals surface area (Å²) in [5, 5.41) is 0. The van der Waals surface area contributed by atoms with Crippen LogP contribution in [0.15, 0.2) is 48.8 Å². The van der Waals surface area contributed by atoms with E-state index in [1.165, 1.54) is 11.1 Å². The van der Waals surface area contributed by atoms with Crippen LogP contribution in [0.5, 0.6) is 0 Å². The number of benzene rings is 2. The minimum atomic E-state index is -0.540. The number of nitrogens with one attached hydrogen (secondary N) is 2. The molecule has 0 unspecified atom stereocenters. The van der Waals surface area contributed by atoms with Crippen LogP contribution in [0.2, 0.25) is 0 Å². The molecule has 2 aliphatic heterocycles. The standard InChI is InChI=1S/C38H48N6O4/c1-23-19-25(29-21-39-33(41-29)31-11-9-17-43(31)35(45)47-37(3,4)5)13-15-27(23)28-16-14-26(20-24(28)2)30-22-40-34(42-30)32-12-10-18-44(32)36(46)48-38(6,7)8/h13-16,19-22,31-32H,9-12,17-18H2,1-8H3,(H,39,41)(H,40,42)/t31-,32-/m0/s1. The van der Waals surface area contributed by atoms with E-state index in [0.717, 1.165) is 71.0 Å². The Morgan fingerprint density at radius 2 is 1.08 bits per heavy atom. The summed E-state index contributed by atoms with van der Waals surface area (Å²) in [7, 11) is 0. The van der Waals surface area contributed by atoms with E-state index in [1.54, 1.807) is 9.80 Å². The van der Waals surface area contributed by atoms with Crippen molar-refractivity contribution in [1.29, 1.82) is 0 Å². The van der Waals surface area contributed by atoms with Crippen molar-refractivity contribution in [3.8, 4) is 33.6 Å². The van der Waals surface area contributed by atoms with Crippen molar-refractivity contribution in [2.45, 2.75) is 104 Å². The zero-order valence-electron chi connectivity index (χ0n) is 29.4. The number of rotatable bonds is 5. The van der Waals surface area contributed by atoms with Crippen molar-refractivity contribution in [3.05, 3.63) is 71.6 Å². The van der Waals surface area contributed by atoms with Gasteiger partial charge in [-0.25, -0.2) is 19.6 Å². The van der Waals surface area contributed by atoms with Crippen LogP contribution in [0.3, 0.4) is 0 Å². The molecule has 2 saturated heterocycles.